The summed E-state index contributed by atoms with van der Waals surface area (Å²) in [5, 5.41) is 0. The topological polar surface area (TPSA) is 26.3 Å². The summed E-state index contributed by atoms with van der Waals surface area (Å²) in [5.74, 6) is -1.13. The molecule has 32 heavy (non-hydrogen) atoms. The fourth-order valence-electron chi connectivity index (χ4n) is 1.70. The number of carbonyl (C=O) groups is 1. The van der Waals surface area contributed by atoms with E-state index in [2.05, 4.69) is 6.58 Å². The van der Waals surface area contributed by atoms with Crippen LogP contribution < -0.4 is 0 Å². The third-order valence-corrected chi connectivity index (χ3v) is 15.2. The average Bonchev–Trinajstić information content (AvgIpc) is 2.58. The first-order chi connectivity index (χ1) is 13.6. The summed E-state index contributed by atoms with van der Waals surface area (Å²) in [6.45, 7) is 4.74. The van der Waals surface area contributed by atoms with Gasteiger partial charge in [0.25, 0.3) is 0 Å². The summed E-state index contributed by atoms with van der Waals surface area (Å²) in [4.78, 5) is 12.1. The van der Waals surface area contributed by atoms with E-state index in [0.29, 0.717) is 0 Å². The zero-order chi connectivity index (χ0) is 26.6. The first-order valence-corrected chi connectivity index (χ1v) is 13.6. The number of rotatable bonds is 9. The normalized spacial score (nSPS) is 15.6. The van der Waals surface area contributed by atoms with Crippen LogP contribution in [-0.4, -0.2) is 46.7 Å². The van der Waals surface area contributed by atoms with Crippen LogP contribution in [0.5, 0.6) is 0 Å². The molecule has 190 valence electrons. The van der Waals surface area contributed by atoms with Gasteiger partial charge < -0.3 is 4.74 Å². The molecule has 0 radical (unpaired) electrons. The van der Waals surface area contributed by atoms with Gasteiger partial charge in [-0.3, -0.25) is 0 Å². The fourth-order valence-corrected chi connectivity index (χ4v) is 6.88. The highest BCUT2D eigenvalue weighted by atomic mass is 35.6. The number of hydrogen-bond donors (Lipinski definition) is 0. The third kappa shape index (κ3) is 5.84. The Labute approximate surface area is 269 Å². The molecule has 0 saturated carbocycles. The first kappa shape index (κ1) is 36.1. The van der Waals surface area contributed by atoms with Gasteiger partial charge in [0, 0.05) is 0 Å². The zero-order valence-corrected chi connectivity index (χ0v) is 27.5. The molecule has 0 heterocycles. The minimum absolute atomic E-state index is 0.0980. The number of ether oxygens (including phenoxy) is 1. The van der Waals surface area contributed by atoms with Crippen LogP contribution in [0.15, 0.2) is 12.2 Å². The van der Waals surface area contributed by atoms with Crippen molar-refractivity contribution in [3.05, 3.63) is 12.2 Å². The molecule has 0 aliphatic heterocycles. The Hall–Kier alpha value is 4.14. The van der Waals surface area contributed by atoms with Crippen LogP contribution in [0.25, 0.3) is 0 Å². The van der Waals surface area contributed by atoms with Crippen LogP contribution in [0, 0.1) is 0 Å². The van der Waals surface area contributed by atoms with E-state index in [-0.39, 0.29) is 6.61 Å². The molecule has 0 unspecified atom stereocenters. The Morgan fingerprint density at radius 3 is 1.16 bits per heavy atom. The van der Waals surface area contributed by atoms with Gasteiger partial charge in [-0.25, -0.2) is 4.79 Å². The van der Waals surface area contributed by atoms with Gasteiger partial charge >= 0.3 is 5.97 Å². The lowest BCUT2D eigenvalue weighted by molar-refractivity contribution is -0.138. The van der Waals surface area contributed by atoms with Crippen molar-refractivity contribution in [2.75, 3.05) is 6.61 Å². The predicted molar refractivity (Wildman–Crippen MR) is 147 cm³/mol. The standard InChI is InChI=1S/C13H7Cl17O2/c1-3-32-5(31)4(2)6(14,15)7(16,17)8(18,19)9(20,21)10(22,23)11(24,25)12(26,27)13(28,29)30/h2-3H2,1H3. The molecule has 0 bridgehead atoms. The SMILES string of the molecule is C=C(C(=O)OCC)C(Cl)(Cl)C(Cl)(Cl)C(Cl)(Cl)C(Cl)(Cl)C(Cl)(Cl)C(Cl)(Cl)C(Cl)(Cl)C(Cl)(Cl)Cl. The summed E-state index contributed by atoms with van der Waals surface area (Å²) < 4.78 is -18.8. The lowest BCUT2D eigenvalue weighted by Crippen LogP contribution is -2.70. The third-order valence-electron chi connectivity index (χ3n) is 3.62. The maximum Gasteiger partial charge on any atom is 0.336 e. The van der Waals surface area contributed by atoms with E-state index in [9.17, 15) is 4.79 Å². The Balaban J connectivity index is 6.78. The molecule has 0 rings (SSSR count). The summed E-state index contributed by atoms with van der Waals surface area (Å²) in [7, 11) is 0. The van der Waals surface area contributed by atoms with Crippen LogP contribution in [0.4, 0.5) is 0 Å². The van der Waals surface area contributed by atoms with Crippen molar-refractivity contribution in [3.63, 3.8) is 0 Å². The van der Waals surface area contributed by atoms with Crippen molar-refractivity contribution < 1.29 is 9.53 Å². The molecule has 0 aliphatic carbocycles. The van der Waals surface area contributed by atoms with E-state index >= 15 is 0 Å². The highest BCUT2D eigenvalue weighted by molar-refractivity contribution is 6.83. The van der Waals surface area contributed by atoms with E-state index in [1.807, 2.05) is 0 Å². The van der Waals surface area contributed by atoms with Crippen molar-refractivity contribution >= 4 is 203 Å². The average molecular weight is 798 g/mol. The number of alkyl halides is 17. The second kappa shape index (κ2) is 11.3. The van der Waals surface area contributed by atoms with Crippen LogP contribution in [0.2, 0.25) is 0 Å². The molecule has 0 aromatic heterocycles. The highest BCUT2D eigenvalue weighted by Crippen LogP contribution is 2.72. The van der Waals surface area contributed by atoms with Crippen molar-refractivity contribution in [3.8, 4) is 0 Å². The molecular weight excluding hydrogens is 791 g/mol. The molecular formula is C13H7Cl17O2. The van der Waals surface area contributed by atoms with E-state index in [0.717, 1.165) is 0 Å². The molecule has 0 aromatic rings. The molecule has 0 spiro atoms. The fraction of sp³-hybridized carbons (Fsp3) is 0.769. The monoisotopic (exact) mass is 790 g/mol. The van der Waals surface area contributed by atoms with Gasteiger partial charge in [-0.15, -0.1) is 0 Å². The maximum absolute atomic E-state index is 12.1. The van der Waals surface area contributed by atoms with Gasteiger partial charge in [0.15, 0.2) is 26.0 Å². The largest absolute Gasteiger partial charge is 0.463 e. The van der Waals surface area contributed by atoms with Crippen molar-refractivity contribution in [1.29, 1.82) is 0 Å². The summed E-state index contributed by atoms with van der Waals surface area (Å²) in [6, 6.07) is 0. The Morgan fingerprint density at radius 1 is 0.594 bits per heavy atom. The summed E-state index contributed by atoms with van der Waals surface area (Å²) in [6.07, 6.45) is 0. The van der Waals surface area contributed by atoms with Crippen molar-refractivity contribution in [2.24, 2.45) is 0 Å². The number of halogens is 17. The summed E-state index contributed by atoms with van der Waals surface area (Å²) in [5.41, 5.74) is -0.731. The van der Waals surface area contributed by atoms with Crippen LogP contribution in [0.1, 0.15) is 6.92 Å². The van der Waals surface area contributed by atoms with Crippen molar-refractivity contribution in [2.45, 2.75) is 41.0 Å². The van der Waals surface area contributed by atoms with Gasteiger partial charge in [-0.2, -0.15) is 0 Å². The molecule has 0 fully saturated rings. The van der Waals surface area contributed by atoms with Gasteiger partial charge in [-0.05, 0) is 6.92 Å². The van der Waals surface area contributed by atoms with Gasteiger partial charge in [0.1, 0.15) is 0 Å². The maximum atomic E-state index is 12.1. The molecule has 19 heteroatoms. The van der Waals surface area contributed by atoms with E-state index in [4.69, 9.17) is 202 Å². The van der Waals surface area contributed by atoms with E-state index in [1.165, 1.54) is 6.92 Å². The molecule has 0 aliphatic rings. The number of esters is 1. The van der Waals surface area contributed by atoms with Crippen LogP contribution in [-0.2, 0) is 9.53 Å². The van der Waals surface area contributed by atoms with Gasteiger partial charge in [0.2, 0.25) is 8.13 Å². The van der Waals surface area contributed by atoms with Gasteiger partial charge in [-0.1, -0.05) is 204 Å². The lowest BCUT2D eigenvalue weighted by Gasteiger charge is -2.54. The van der Waals surface area contributed by atoms with Crippen molar-refractivity contribution in [1.82, 2.24) is 0 Å². The van der Waals surface area contributed by atoms with Crippen LogP contribution in [0.3, 0.4) is 0 Å². The molecule has 0 saturated heterocycles. The molecule has 0 amide bonds. The molecule has 0 atom stereocenters. The highest BCUT2D eigenvalue weighted by Gasteiger charge is 2.81. The molecule has 0 aromatic carbocycles. The minimum atomic E-state index is -3.12. The second-order valence-electron chi connectivity index (χ2n) is 5.72. The first-order valence-electron chi connectivity index (χ1n) is 7.22. The zero-order valence-electron chi connectivity index (χ0n) is 14.7. The Morgan fingerprint density at radius 2 is 0.875 bits per heavy atom. The smallest absolute Gasteiger partial charge is 0.336 e. The minimum Gasteiger partial charge on any atom is -0.463 e. The van der Waals surface area contributed by atoms with E-state index < -0.39 is 45.7 Å². The number of hydrogen-bond acceptors (Lipinski definition) is 2. The summed E-state index contributed by atoms with van der Waals surface area (Å²) >= 11 is 104. The lowest BCUT2D eigenvalue weighted by atomic mass is 10.00. The molecule has 2 nitrogen and oxygen atoms in total. The van der Waals surface area contributed by atoms with Crippen LogP contribution >= 0.6 is 197 Å². The second-order valence-corrected chi connectivity index (χ2v) is 17.3. The predicted octanol–water partition coefficient (Wildman–Crippen LogP) is 10.7. The van der Waals surface area contributed by atoms with Gasteiger partial charge in [0.05, 0.1) is 12.2 Å². The Kier molecular flexibility index (Phi) is 12.8. The molecule has 0 N–H and O–H groups in total. The quantitative estimate of drug-likeness (QED) is 0.132. The number of carbonyl (C=O) groups excluding carboxylic acids is 1. The van der Waals surface area contributed by atoms with E-state index in [1.54, 1.807) is 0 Å². The Bertz CT molecular complexity index is 733.